The summed E-state index contributed by atoms with van der Waals surface area (Å²) in [6.45, 7) is 0.144. The molecule has 7 heteroatoms. The van der Waals surface area contributed by atoms with E-state index in [1.165, 1.54) is 24.3 Å². The summed E-state index contributed by atoms with van der Waals surface area (Å²) in [5, 5.41) is 13.5. The van der Waals surface area contributed by atoms with E-state index in [9.17, 15) is 23.3 Å². The summed E-state index contributed by atoms with van der Waals surface area (Å²) in [6, 6.07) is 10.7. The Hall–Kier alpha value is -2.57. The van der Waals surface area contributed by atoms with Gasteiger partial charge in [0.25, 0.3) is 5.69 Å². The van der Waals surface area contributed by atoms with Crippen LogP contribution in [0.1, 0.15) is 11.1 Å². The molecule has 0 spiro atoms. The molecule has 0 aliphatic heterocycles. The minimum absolute atomic E-state index is 0.0796. The highest BCUT2D eigenvalue weighted by atomic mass is 19.4. The molecule has 0 saturated carbocycles. The summed E-state index contributed by atoms with van der Waals surface area (Å²) in [5.41, 5.74) is 0.114. The van der Waals surface area contributed by atoms with Gasteiger partial charge in [0.05, 0.1) is 10.5 Å². The monoisotopic (exact) mass is 296 g/mol. The molecular formula is C14H11F3N2O2. The van der Waals surface area contributed by atoms with Crippen molar-refractivity contribution in [2.75, 3.05) is 5.32 Å². The molecule has 0 amide bonds. The van der Waals surface area contributed by atoms with Gasteiger partial charge in [-0.25, -0.2) is 0 Å². The lowest BCUT2D eigenvalue weighted by atomic mass is 10.1. The van der Waals surface area contributed by atoms with Gasteiger partial charge in [-0.05, 0) is 23.8 Å². The van der Waals surface area contributed by atoms with E-state index in [0.29, 0.717) is 11.3 Å². The van der Waals surface area contributed by atoms with Crippen LogP contribution in [0.25, 0.3) is 0 Å². The van der Waals surface area contributed by atoms with E-state index >= 15 is 0 Å². The minimum Gasteiger partial charge on any atom is -0.381 e. The van der Waals surface area contributed by atoms with E-state index in [4.69, 9.17) is 0 Å². The van der Waals surface area contributed by atoms with Crippen molar-refractivity contribution in [3.8, 4) is 0 Å². The zero-order valence-corrected chi connectivity index (χ0v) is 10.7. The van der Waals surface area contributed by atoms with Gasteiger partial charge in [0.2, 0.25) is 0 Å². The summed E-state index contributed by atoms with van der Waals surface area (Å²) >= 11 is 0. The van der Waals surface area contributed by atoms with Crippen LogP contribution in [0.15, 0.2) is 48.5 Å². The normalized spacial score (nSPS) is 11.2. The lowest BCUT2D eigenvalue weighted by molar-refractivity contribution is -0.384. The van der Waals surface area contributed by atoms with E-state index in [-0.39, 0.29) is 12.2 Å². The highest BCUT2D eigenvalue weighted by Gasteiger charge is 2.30. The van der Waals surface area contributed by atoms with Crippen LogP contribution in [-0.2, 0) is 12.7 Å². The number of hydrogen-bond donors (Lipinski definition) is 1. The van der Waals surface area contributed by atoms with Gasteiger partial charge in [0.1, 0.15) is 0 Å². The molecule has 0 saturated heterocycles. The Labute approximate surface area is 118 Å². The van der Waals surface area contributed by atoms with Crippen LogP contribution in [-0.4, -0.2) is 4.92 Å². The van der Waals surface area contributed by atoms with Crippen molar-refractivity contribution in [2.24, 2.45) is 0 Å². The molecule has 0 aliphatic rings. The molecule has 0 unspecified atom stereocenters. The van der Waals surface area contributed by atoms with Crippen LogP contribution in [0.2, 0.25) is 0 Å². The fourth-order valence-electron chi connectivity index (χ4n) is 1.79. The Morgan fingerprint density at radius 3 is 2.48 bits per heavy atom. The van der Waals surface area contributed by atoms with Crippen molar-refractivity contribution in [1.82, 2.24) is 0 Å². The average Bonchev–Trinajstić information content (AvgIpc) is 2.45. The summed E-state index contributed by atoms with van der Waals surface area (Å²) in [7, 11) is 0. The molecule has 0 atom stereocenters. The standard InChI is InChI=1S/C14H11F3N2O2/c15-14(16,17)11-4-1-3-10(7-11)9-18-12-5-2-6-13(8-12)19(20)21/h1-8,18H,9H2. The smallest absolute Gasteiger partial charge is 0.381 e. The summed E-state index contributed by atoms with van der Waals surface area (Å²) in [5.74, 6) is 0. The second-order valence-corrected chi connectivity index (χ2v) is 4.36. The van der Waals surface area contributed by atoms with Crippen molar-refractivity contribution >= 4 is 11.4 Å². The number of anilines is 1. The van der Waals surface area contributed by atoms with E-state index in [0.717, 1.165) is 12.1 Å². The van der Waals surface area contributed by atoms with Crippen LogP contribution in [0.4, 0.5) is 24.5 Å². The van der Waals surface area contributed by atoms with Gasteiger partial charge in [-0.3, -0.25) is 10.1 Å². The first kappa shape index (κ1) is 14.8. The van der Waals surface area contributed by atoms with Gasteiger partial charge in [-0.2, -0.15) is 13.2 Å². The number of non-ortho nitro benzene ring substituents is 1. The predicted octanol–water partition coefficient (Wildman–Crippen LogP) is 4.23. The molecule has 0 aliphatic carbocycles. The summed E-state index contributed by atoms with van der Waals surface area (Å²) in [6.07, 6.45) is -4.39. The number of nitro benzene ring substituents is 1. The highest BCUT2D eigenvalue weighted by Crippen LogP contribution is 2.29. The Kier molecular flexibility index (Phi) is 4.11. The third kappa shape index (κ3) is 3.95. The number of benzene rings is 2. The molecule has 1 N–H and O–H groups in total. The number of alkyl halides is 3. The van der Waals surface area contributed by atoms with Gasteiger partial charge in [0.15, 0.2) is 0 Å². The number of nitrogens with one attached hydrogen (secondary N) is 1. The maximum Gasteiger partial charge on any atom is 0.416 e. The lowest BCUT2D eigenvalue weighted by Crippen LogP contribution is -2.07. The van der Waals surface area contributed by atoms with Crippen molar-refractivity contribution < 1.29 is 18.1 Å². The number of halogens is 3. The largest absolute Gasteiger partial charge is 0.416 e. The molecule has 21 heavy (non-hydrogen) atoms. The topological polar surface area (TPSA) is 55.2 Å². The molecule has 0 radical (unpaired) electrons. The molecule has 0 heterocycles. The Bertz CT molecular complexity index is 657. The highest BCUT2D eigenvalue weighted by molar-refractivity contribution is 5.51. The maximum absolute atomic E-state index is 12.6. The second kappa shape index (κ2) is 5.82. The zero-order valence-electron chi connectivity index (χ0n) is 10.7. The Morgan fingerprint density at radius 1 is 1.10 bits per heavy atom. The van der Waals surface area contributed by atoms with Crippen molar-refractivity contribution in [2.45, 2.75) is 12.7 Å². The number of nitrogens with zero attached hydrogens (tertiary/aromatic N) is 1. The average molecular weight is 296 g/mol. The summed E-state index contributed by atoms with van der Waals surface area (Å²) in [4.78, 5) is 10.1. The van der Waals surface area contributed by atoms with Crippen LogP contribution in [0, 0.1) is 10.1 Å². The number of hydrogen-bond acceptors (Lipinski definition) is 3. The first-order chi connectivity index (χ1) is 9.86. The van der Waals surface area contributed by atoms with E-state index in [2.05, 4.69) is 5.32 Å². The van der Waals surface area contributed by atoms with Crippen molar-refractivity contribution in [1.29, 1.82) is 0 Å². The Balaban J connectivity index is 2.10. The molecule has 2 aromatic carbocycles. The minimum atomic E-state index is -4.39. The van der Waals surface area contributed by atoms with Crippen molar-refractivity contribution in [3.63, 3.8) is 0 Å². The predicted molar refractivity (Wildman–Crippen MR) is 71.9 cm³/mol. The quantitative estimate of drug-likeness (QED) is 0.678. The summed E-state index contributed by atoms with van der Waals surface area (Å²) < 4.78 is 37.7. The molecule has 0 aromatic heterocycles. The van der Waals surface area contributed by atoms with Crippen LogP contribution < -0.4 is 5.32 Å². The fourth-order valence-corrected chi connectivity index (χ4v) is 1.79. The van der Waals surface area contributed by atoms with E-state index in [1.807, 2.05) is 0 Å². The SMILES string of the molecule is O=[N+]([O-])c1cccc(NCc2cccc(C(F)(F)F)c2)c1. The molecular weight excluding hydrogens is 285 g/mol. The Morgan fingerprint density at radius 2 is 1.81 bits per heavy atom. The van der Waals surface area contributed by atoms with Crippen LogP contribution in [0.5, 0.6) is 0 Å². The van der Waals surface area contributed by atoms with Gasteiger partial charge in [0, 0.05) is 24.4 Å². The number of rotatable bonds is 4. The van der Waals surface area contributed by atoms with Crippen LogP contribution in [0.3, 0.4) is 0 Å². The van der Waals surface area contributed by atoms with E-state index in [1.54, 1.807) is 12.1 Å². The fraction of sp³-hybridized carbons (Fsp3) is 0.143. The first-order valence-corrected chi connectivity index (χ1v) is 6.01. The molecule has 2 rings (SSSR count). The number of nitro groups is 1. The molecule has 0 fully saturated rings. The molecule has 2 aromatic rings. The molecule has 0 bridgehead atoms. The third-order valence-corrected chi connectivity index (χ3v) is 2.81. The van der Waals surface area contributed by atoms with Gasteiger partial charge in [-0.1, -0.05) is 18.2 Å². The molecule has 4 nitrogen and oxygen atoms in total. The third-order valence-electron chi connectivity index (χ3n) is 2.81. The second-order valence-electron chi connectivity index (χ2n) is 4.36. The zero-order chi connectivity index (χ0) is 15.5. The van der Waals surface area contributed by atoms with E-state index < -0.39 is 16.7 Å². The van der Waals surface area contributed by atoms with Crippen molar-refractivity contribution in [3.05, 3.63) is 69.8 Å². The van der Waals surface area contributed by atoms with Gasteiger partial charge in [-0.15, -0.1) is 0 Å². The lowest BCUT2D eigenvalue weighted by Gasteiger charge is -2.10. The maximum atomic E-state index is 12.6. The van der Waals surface area contributed by atoms with Gasteiger partial charge >= 0.3 is 6.18 Å². The molecule has 110 valence electrons. The van der Waals surface area contributed by atoms with Crippen LogP contribution >= 0.6 is 0 Å². The van der Waals surface area contributed by atoms with Gasteiger partial charge < -0.3 is 5.32 Å². The first-order valence-electron chi connectivity index (χ1n) is 6.01.